The van der Waals surface area contributed by atoms with E-state index >= 15 is 0 Å². The first kappa shape index (κ1) is 19.1. The predicted molar refractivity (Wildman–Crippen MR) is 107 cm³/mol. The number of hydrogen-bond donors (Lipinski definition) is 1. The lowest BCUT2D eigenvalue weighted by Crippen LogP contribution is -2.16. The number of carbonyl (C=O) groups excluding carboxylic acids is 1. The zero-order chi connectivity index (χ0) is 20.5. The number of aromatic nitrogens is 2. The van der Waals surface area contributed by atoms with E-state index in [9.17, 15) is 13.4 Å². The molecule has 0 bridgehead atoms. The van der Waals surface area contributed by atoms with Gasteiger partial charge in [-0.3, -0.25) is 9.00 Å². The van der Waals surface area contributed by atoms with Crippen LogP contribution < -0.4 is 14.8 Å². The number of amides is 1. The zero-order valence-electron chi connectivity index (χ0n) is 15.8. The average Bonchev–Trinajstić information content (AvgIpc) is 3.24. The van der Waals surface area contributed by atoms with E-state index in [2.05, 4.69) is 10.4 Å². The molecule has 7 nitrogen and oxygen atoms in total. The molecule has 3 aromatic rings. The molecule has 1 unspecified atom stereocenters. The van der Waals surface area contributed by atoms with E-state index in [1.165, 1.54) is 26.4 Å². The van der Waals surface area contributed by atoms with Gasteiger partial charge in [0.1, 0.15) is 11.6 Å². The molecule has 0 saturated heterocycles. The van der Waals surface area contributed by atoms with Crippen molar-refractivity contribution in [1.82, 2.24) is 9.78 Å². The summed E-state index contributed by atoms with van der Waals surface area (Å²) in [6.07, 6.45) is 0. The molecule has 1 amide bonds. The fourth-order valence-electron chi connectivity index (χ4n) is 3.18. The molecule has 4 rings (SSSR count). The monoisotopic (exact) mass is 415 g/mol. The van der Waals surface area contributed by atoms with Gasteiger partial charge in [-0.2, -0.15) is 5.10 Å². The second-order valence-electron chi connectivity index (χ2n) is 6.41. The molecular weight excluding hydrogens is 397 g/mol. The molecule has 2 heterocycles. The number of hydrogen-bond acceptors (Lipinski definition) is 5. The number of nitrogens with one attached hydrogen (secondary N) is 1. The molecule has 0 radical (unpaired) electrons. The van der Waals surface area contributed by atoms with Gasteiger partial charge in [0, 0.05) is 21.9 Å². The van der Waals surface area contributed by atoms with Crippen molar-refractivity contribution in [3.8, 4) is 17.2 Å². The molecule has 1 aliphatic rings. The molecule has 0 saturated carbocycles. The highest BCUT2D eigenvalue weighted by Crippen LogP contribution is 2.32. The van der Waals surface area contributed by atoms with Crippen LogP contribution in [0, 0.1) is 5.82 Å². The minimum absolute atomic E-state index is 0.304. The van der Waals surface area contributed by atoms with E-state index in [0.717, 1.165) is 5.56 Å². The van der Waals surface area contributed by atoms with Crippen LogP contribution in [0.15, 0.2) is 42.5 Å². The van der Waals surface area contributed by atoms with Gasteiger partial charge >= 0.3 is 0 Å². The number of carbonyl (C=O) groups is 1. The van der Waals surface area contributed by atoms with E-state index in [1.54, 1.807) is 35.0 Å². The second kappa shape index (κ2) is 7.67. The fourth-order valence-corrected chi connectivity index (χ4v) is 4.45. The Morgan fingerprint density at radius 3 is 2.52 bits per heavy atom. The molecule has 150 valence electrons. The Balaban J connectivity index is 1.72. The molecule has 0 fully saturated rings. The summed E-state index contributed by atoms with van der Waals surface area (Å²) < 4.78 is 37.3. The molecule has 9 heteroatoms. The number of anilines is 1. The molecule has 1 aromatic heterocycles. The highest BCUT2D eigenvalue weighted by molar-refractivity contribution is 7.83. The predicted octanol–water partition coefficient (Wildman–Crippen LogP) is 3.04. The summed E-state index contributed by atoms with van der Waals surface area (Å²) in [7, 11) is 1.95. The standard InChI is InChI=1S/C20H18FN3O4S/c1-27-17-8-3-12(9-18(17)28-2)20(25)22-19-15-10-29(26)11-16(15)23-24(19)14-6-4-13(21)5-7-14/h3-9H,10-11H2,1-2H3,(H,22,25). The van der Waals surface area contributed by atoms with Gasteiger partial charge in [-0.05, 0) is 42.5 Å². The van der Waals surface area contributed by atoms with Crippen LogP contribution in [-0.4, -0.2) is 34.1 Å². The molecular formula is C20H18FN3O4S. The minimum atomic E-state index is -1.06. The quantitative estimate of drug-likeness (QED) is 0.693. The van der Waals surface area contributed by atoms with Crippen molar-refractivity contribution in [2.75, 3.05) is 19.5 Å². The molecule has 2 aromatic carbocycles. The van der Waals surface area contributed by atoms with Gasteiger partial charge in [0.05, 0.1) is 37.1 Å². The van der Waals surface area contributed by atoms with E-state index in [1.807, 2.05) is 0 Å². The van der Waals surface area contributed by atoms with E-state index in [-0.39, 0.29) is 11.7 Å². The number of benzene rings is 2. The third-order valence-corrected chi connectivity index (χ3v) is 5.82. The Labute approximate surface area is 168 Å². The Hall–Kier alpha value is -3.20. The van der Waals surface area contributed by atoms with Crippen LogP contribution in [0.3, 0.4) is 0 Å². The Morgan fingerprint density at radius 2 is 1.83 bits per heavy atom. The van der Waals surface area contributed by atoms with Crippen LogP contribution in [0.1, 0.15) is 21.6 Å². The van der Waals surface area contributed by atoms with Crippen LogP contribution in [-0.2, 0) is 22.3 Å². The van der Waals surface area contributed by atoms with Crippen molar-refractivity contribution in [2.45, 2.75) is 11.5 Å². The maximum absolute atomic E-state index is 13.3. The summed E-state index contributed by atoms with van der Waals surface area (Å²) in [5.41, 5.74) is 2.34. The highest BCUT2D eigenvalue weighted by Gasteiger charge is 2.28. The lowest BCUT2D eigenvalue weighted by atomic mass is 10.2. The minimum Gasteiger partial charge on any atom is -0.493 e. The third-order valence-electron chi connectivity index (χ3n) is 4.62. The lowest BCUT2D eigenvalue weighted by molar-refractivity contribution is 0.102. The highest BCUT2D eigenvalue weighted by atomic mass is 32.2. The van der Waals surface area contributed by atoms with E-state index < -0.39 is 10.8 Å². The van der Waals surface area contributed by atoms with E-state index in [4.69, 9.17) is 9.47 Å². The van der Waals surface area contributed by atoms with Crippen LogP contribution >= 0.6 is 0 Å². The van der Waals surface area contributed by atoms with Gasteiger partial charge in [-0.15, -0.1) is 0 Å². The maximum atomic E-state index is 13.3. The number of halogens is 1. The first-order valence-electron chi connectivity index (χ1n) is 8.75. The van der Waals surface area contributed by atoms with Crippen molar-refractivity contribution in [2.24, 2.45) is 0 Å². The largest absolute Gasteiger partial charge is 0.493 e. The summed E-state index contributed by atoms with van der Waals surface area (Å²) >= 11 is 0. The summed E-state index contributed by atoms with van der Waals surface area (Å²) in [6, 6.07) is 10.6. The van der Waals surface area contributed by atoms with Crippen LogP contribution in [0.25, 0.3) is 5.69 Å². The van der Waals surface area contributed by atoms with Gasteiger partial charge in [-0.1, -0.05) is 0 Å². The number of methoxy groups -OCH3 is 2. The summed E-state index contributed by atoms with van der Waals surface area (Å²) in [4.78, 5) is 12.9. The normalized spacial score (nSPS) is 15.1. The smallest absolute Gasteiger partial charge is 0.256 e. The first-order chi connectivity index (χ1) is 14.0. The molecule has 0 spiro atoms. The van der Waals surface area contributed by atoms with Crippen LogP contribution in [0.4, 0.5) is 10.2 Å². The molecule has 1 aliphatic heterocycles. The first-order valence-corrected chi connectivity index (χ1v) is 10.2. The fraction of sp³-hybridized carbons (Fsp3) is 0.200. The van der Waals surface area contributed by atoms with Crippen molar-refractivity contribution >= 4 is 22.5 Å². The van der Waals surface area contributed by atoms with Gasteiger partial charge in [0.2, 0.25) is 0 Å². The van der Waals surface area contributed by atoms with Crippen molar-refractivity contribution < 1.29 is 22.9 Å². The van der Waals surface area contributed by atoms with Gasteiger partial charge in [0.25, 0.3) is 5.91 Å². The number of nitrogens with zero attached hydrogens (tertiary/aromatic N) is 2. The van der Waals surface area contributed by atoms with E-state index in [0.29, 0.717) is 45.8 Å². The molecule has 1 atom stereocenters. The summed E-state index contributed by atoms with van der Waals surface area (Å²) in [5, 5.41) is 7.36. The maximum Gasteiger partial charge on any atom is 0.256 e. The summed E-state index contributed by atoms with van der Waals surface area (Å²) in [6.45, 7) is 0. The lowest BCUT2D eigenvalue weighted by Gasteiger charge is -2.12. The van der Waals surface area contributed by atoms with Crippen molar-refractivity contribution in [3.63, 3.8) is 0 Å². The Kier molecular flexibility index (Phi) is 5.06. The third kappa shape index (κ3) is 3.61. The van der Waals surface area contributed by atoms with Crippen molar-refractivity contribution in [1.29, 1.82) is 0 Å². The van der Waals surface area contributed by atoms with Crippen molar-refractivity contribution in [3.05, 3.63) is 65.1 Å². The average molecular weight is 415 g/mol. The SMILES string of the molecule is COc1ccc(C(=O)Nc2c3c(nn2-c2ccc(F)cc2)CS(=O)C3)cc1OC. The Bertz CT molecular complexity index is 1110. The van der Waals surface area contributed by atoms with Gasteiger partial charge in [0.15, 0.2) is 11.5 Å². The van der Waals surface area contributed by atoms with Gasteiger partial charge < -0.3 is 14.8 Å². The number of fused-ring (bicyclic) bond motifs is 1. The zero-order valence-corrected chi connectivity index (χ0v) is 16.6. The topological polar surface area (TPSA) is 82.5 Å². The summed E-state index contributed by atoms with van der Waals surface area (Å²) in [5.74, 6) is 1.24. The number of ether oxygens (including phenoxy) is 2. The van der Waals surface area contributed by atoms with Crippen LogP contribution in [0.2, 0.25) is 0 Å². The van der Waals surface area contributed by atoms with Gasteiger partial charge in [-0.25, -0.2) is 9.07 Å². The molecule has 29 heavy (non-hydrogen) atoms. The van der Waals surface area contributed by atoms with Crippen LogP contribution in [0.5, 0.6) is 11.5 Å². The second-order valence-corrected chi connectivity index (χ2v) is 7.87. The number of rotatable bonds is 5. The Morgan fingerprint density at radius 1 is 1.10 bits per heavy atom. The molecule has 1 N–H and O–H groups in total. The molecule has 0 aliphatic carbocycles.